The van der Waals surface area contributed by atoms with Gasteiger partial charge in [0.15, 0.2) is 0 Å². The molecule has 3 nitrogen and oxygen atoms in total. The van der Waals surface area contributed by atoms with Gasteiger partial charge < -0.3 is 4.74 Å². The van der Waals surface area contributed by atoms with E-state index < -0.39 is 9.76 Å². The molecule has 0 spiro atoms. The van der Waals surface area contributed by atoms with Crippen LogP contribution >= 0.6 is 0 Å². The summed E-state index contributed by atoms with van der Waals surface area (Å²) in [5, 5.41) is 1.17. The summed E-state index contributed by atoms with van der Waals surface area (Å²) in [5.74, 6) is 0.864. The van der Waals surface area contributed by atoms with E-state index in [0.29, 0.717) is 0 Å². The van der Waals surface area contributed by atoms with Gasteiger partial charge in [-0.25, -0.2) is 4.89 Å². The van der Waals surface area contributed by atoms with Crippen LogP contribution in [0.1, 0.15) is 27.2 Å². The van der Waals surface area contributed by atoms with Gasteiger partial charge in [-0.15, -0.1) is 0 Å². The van der Waals surface area contributed by atoms with Gasteiger partial charge in [-0.2, -0.15) is 0 Å². The molecule has 1 rings (SSSR count). The molecule has 0 bridgehead atoms. The molecule has 1 aromatic carbocycles. The first-order chi connectivity index (χ1) is 7.57. The number of hydrogen-bond donors (Lipinski definition) is 0. The molecule has 0 aromatic heterocycles. The van der Waals surface area contributed by atoms with Gasteiger partial charge in [0.25, 0.3) is 0 Å². The Morgan fingerprint density at radius 1 is 1.31 bits per heavy atom. The van der Waals surface area contributed by atoms with Crippen LogP contribution in [-0.2, 0) is 9.46 Å². The van der Waals surface area contributed by atoms with E-state index in [0.717, 1.165) is 12.2 Å². The smallest absolute Gasteiger partial charge is 0.239 e. The SMILES string of the molecule is CCC(C)(C)OO[SiH2]c1cccc(OC)c1. The third-order valence-corrected chi connectivity index (χ3v) is 3.50. The summed E-state index contributed by atoms with van der Waals surface area (Å²) in [4.78, 5) is 5.38. The molecule has 0 atom stereocenters. The van der Waals surface area contributed by atoms with Gasteiger partial charge in [0.05, 0.1) is 12.7 Å². The second-order valence-electron chi connectivity index (χ2n) is 4.31. The topological polar surface area (TPSA) is 27.7 Å². The van der Waals surface area contributed by atoms with Gasteiger partial charge in [0.1, 0.15) is 5.75 Å². The molecule has 0 heterocycles. The highest BCUT2D eigenvalue weighted by atomic mass is 28.2. The molecule has 0 saturated heterocycles. The minimum absolute atomic E-state index is 0.203. The zero-order valence-corrected chi connectivity index (χ0v) is 11.9. The average molecular weight is 240 g/mol. The molecule has 0 radical (unpaired) electrons. The second-order valence-corrected chi connectivity index (χ2v) is 5.65. The number of methoxy groups -OCH3 is 1. The Hall–Kier alpha value is -0.843. The van der Waals surface area contributed by atoms with Crippen LogP contribution in [-0.4, -0.2) is 22.5 Å². The summed E-state index contributed by atoms with van der Waals surface area (Å²) in [6.07, 6.45) is 0.930. The summed E-state index contributed by atoms with van der Waals surface area (Å²) >= 11 is 0. The Kier molecular flexibility index (Phi) is 4.98. The van der Waals surface area contributed by atoms with E-state index in [1.807, 2.05) is 38.1 Å². The minimum atomic E-state index is -0.833. The lowest BCUT2D eigenvalue weighted by Gasteiger charge is -2.21. The standard InChI is InChI=1S/C12H20O3Si/c1-5-12(2,3)14-15-16-11-8-6-7-10(9-11)13-4/h6-9H,5,16H2,1-4H3. The van der Waals surface area contributed by atoms with Gasteiger partial charge >= 0.3 is 0 Å². The third-order valence-electron chi connectivity index (χ3n) is 2.50. The Labute approximate surface area is 99.6 Å². The number of ether oxygens (including phenoxy) is 1. The predicted octanol–water partition coefficient (Wildman–Crippen LogP) is 1.54. The van der Waals surface area contributed by atoms with Crippen molar-refractivity contribution in [2.45, 2.75) is 32.8 Å². The van der Waals surface area contributed by atoms with Crippen LogP contribution < -0.4 is 9.92 Å². The van der Waals surface area contributed by atoms with Crippen LogP contribution in [0.4, 0.5) is 0 Å². The highest BCUT2D eigenvalue weighted by Gasteiger charge is 2.16. The van der Waals surface area contributed by atoms with Crippen molar-refractivity contribution in [3.63, 3.8) is 0 Å². The number of benzene rings is 1. The summed E-state index contributed by atoms with van der Waals surface area (Å²) < 4.78 is 10.5. The lowest BCUT2D eigenvalue weighted by atomic mass is 10.1. The fourth-order valence-electron chi connectivity index (χ4n) is 1.08. The summed E-state index contributed by atoms with van der Waals surface area (Å²) in [6.45, 7) is 6.12. The molecule has 0 aliphatic carbocycles. The van der Waals surface area contributed by atoms with Crippen LogP contribution in [0.3, 0.4) is 0 Å². The van der Waals surface area contributed by atoms with E-state index in [-0.39, 0.29) is 5.60 Å². The highest BCUT2D eigenvalue weighted by Crippen LogP contribution is 2.13. The Balaban J connectivity index is 2.42. The maximum Gasteiger partial charge on any atom is 0.239 e. The van der Waals surface area contributed by atoms with Gasteiger partial charge in [0.2, 0.25) is 9.76 Å². The Morgan fingerprint density at radius 2 is 2.06 bits per heavy atom. The van der Waals surface area contributed by atoms with E-state index in [9.17, 15) is 0 Å². The van der Waals surface area contributed by atoms with Crippen molar-refractivity contribution in [2.75, 3.05) is 7.11 Å². The molecular formula is C12H20O3Si. The Morgan fingerprint density at radius 3 is 2.69 bits per heavy atom. The van der Waals surface area contributed by atoms with Gasteiger partial charge in [-0.1, -0.05) is 19.1 Å². The fourth-order valence-corrected chi connectivity index (χ4v) is 2.11. The van der Waals surface area contributed by atoms with Crippen LogP contribution in [0.15, 0.2) is 24.3 Å². The molecule has 0 unspecified atom stereocenters. The van der Waals surface area contributed by atoms with Crippen molar-refractivity contribution in [2.24, 2.45) is 0 Å². The molecule has 0 saturated carbocycles. The summed E-state index contributed by atoms with van der Waals surface area (Å²) in [7, 11) is 0.831. The van der Waals surface area contributed by atoms with Gasteiger partial charge in [-0.05, 0) is 37.6 Å². The monoisotopic (exact) mass is 240 g/mol. The second kappa shape index (κ2) is 6.03. The van der Waals surface area contributed by atoms with E-state index in [1.54, 1.807) is 7.11 Å². The van der Waals surface area contributed by atoms with Crippen molar-refractivity contribution >= 4 is 14.9 Å². The van der Waals surface area contributed by atoms with Gasteiger partial charge in [0, 0.05) is 0 Å². The summed E-state index contributed by atoms with van der Waals surface area (Å²) in [6, 6.07) is 7.93. The summed E-state index contributed by atoms with van der Waals surface area (Å²) in [5.41, 5.74) is -0.203. The first-order valence-corrected chi connectivity index (χ1v) is 6.79. The zero-order valence-electron chi connectivity index (χ0n) is 10.4. The van der Waals surface area contributed by atoms with Crippen LogP contribution in [0, 0.1) is 0 Å². The highest BCUT2D eigenvalue weighted by molar-refractivity contribution is 6.46. The zero-order chi connectivity index (χ0) is 12.0. The first kappa shape index (κ1) is 13.2. The minimum Gasteiger partial charge on any atom is -0.497 e. The lowest BCUT2D eigenvalue weighted by molar-refractivity contribution is -0.282. The van der Waals surface area contributed by atoms with Crippen molar-refractivity contribution in [1.29, 1.82) is 0 Å². The third kappa shape index (κ3) is 4.34. The van der Waals surface area contributed by atoms with E-state index in [4.69, 9.17) is 14.2 Å². The van der Waals surface area contributed by atoms with E-state index >= 15 is 0 Å². The predicted molar refractivity (Wildman–Crippen MR) is 67.7 cm³/mol. The molecule has 16 heavy (non-hydrogen) atoms. The molecule has 90 valence electrons. The van der Waals surface area contributed by atoms with E-state index in [2.05, 4.69) is 6.92 Å². The average Bonchev–Trinajstić information content (AvgIpc) is 2.29. The van der Waals surface area contributed by atoms with Crippen molar-refractivity contribution in [3.8, 4) is 5.75 Å². The molecule has 1 aromatic rings. The lowest BCUT2D eigenvalue weighted by Crippen LogP contribution is -2.27. The van der Waals surface area contributed by atoms with E-state index in [1.165, 1.54) is 5.19 Å². The quantitative estimate of drug-likeness (QED) is 0.429. The largest absolute Gasteiger partial charge is 0.497 e. The molecule has 0 aliphatic rings. The molecule has 4 heteroatoms. The molecule has 0 fully saturated rings. The maximum atomic E-state index is 5.38. The van der Waals surface area contributed by atoms with Crippen LogP contribution in [0.2, 0.25) is 0 Å². The molecule has 0 N–H and O–H groups in total. The van der Waals surface area contributed by atoms with Gasteiger partial charge in [-0.3, -0.25) is 4.58 Å². The van der Waals surface area contributed by atoms with Crippen molar-refractivity contribution in [1.82, 2.24) is 0 Å². The Bertz CT molecular complexity index is 326. The van der Waals surface area contributed by atoms with Crippen LogP contribution in [0.5, 0.6) is 5.75 Å². The molecule has 0 aliphatic heterocycles. The van der Waals surface area contributed by atoms with Crippen LogP contribution in [0.25, 0.3) is 0 Å². The first-order valence-electron chi connectivity index (χ1n) is 5.51. The number of rotatable bonds is 6. The van der Waals surface area contributed by atoms with Crippen molar-refractivity contribution < 1.29 is 14.2 Å². The molecular weight excluding hydrogens is 220 g/mol. The fraction of sp³-hybridized carbons (Fsp3) is 0.500. The normalized spacial score (nSPS) is 12.2. The van der Waals surface area contributed by atoms with Crippen molar-refractivity contribution in [3.05, 3.63) is 24.3 Å². The maximum absolute atomic E-state index is 5.38. The molecule has 0 amide bonds. The number of hydrogen-bond acceptors (Lipinski definition) is 3.